The maximum atomic E-state index is 12.2. The van der Waals surface area contributed by atoms with Crippen molar-refractivity contribution >= 4 is 23.8 Å². The molecule has 0 aliphatic heterocycles. The SMILES string of the molecule is COc1cccc(/C=C/C(=O)Nc2cccc(CN(C)C(=O)OC(C)(C)C)c2)c1. The van der Waals surface area contributed by atoms with Crippen LogP contribution in [0.2, 0.25) is 0 Å². The molecular weight excluding hydrogens is 368 g/mol. The standard InChI is InChI=1S/C23H28N2O4/c1-23(2,3)29-22(27)25(4)16-18-9-6-10-19(14-18)24-21(26)13-12-17-8-7-11-20(15-17)28-5/h6-15H,16H2,1-5H3,(H,24,26)/b13-12+. The molecule has 6 heteroatoms. The van der Waals surface area contributed by atoms with Gasteiger partial charge in [-0.3, -0.25) is 4.79 Å². The molecule has 0 radical (unpaired) electrons. The van der Waals surface area contributed by atoms with Crippen molar-refractivity contribution in [1.82, 2.24) is 4.90 Å². The molecule has 0 unspecified atom stereocenters. The number of carbonyl (C=O) groups is 2. The van der Waals surface area contributed by atoms with E-state index in [0.717, 1.165) is 16.9 Å². The third-order valence-corrected chi connectivity index (χ3v) is 3.84. The Morgan fingerprint density at radius 2 is 1.83 bits per heavy atom. The van der Waals surface area contributed by atoms with Gasteiger partial charge in [0.2, 0.25) is 5.91 Å². The summed E-state index contributed by atoms with van der Waals surface area (Å²) in [4.78, 5) is 25.8. The zero-order valence-electron chi connectivity index (χ0n) is 17.6. The fourth-order valence-electron chi connectivity index (χ4n) is 2.53. The third-order valence-electron chi connectivity index (χ3n) is 3.84. The Labute approximate surface area is 172 Å². The quantitative estimate of drug-likeness (QED) is 0.718. The van der Waals surface area contributed by atoms with Crippen LogP contribution < -0.4 is 10.1 Å². The fraction of sp³-hybridized carbons (Fsp3) is 0.304. The van der Waals surface area contributed by atoms with Gasteiger partial charge < -0.3 is 19.7 Å². The predicted molar refractivity (Wildman–Crippen MR) is 115 cm³/mol. The Morgan fingerprint density at radius 1 is 1.10 bits per heavy atom. The van der Waals surface area contributed by atoms with Crippen molar-refractivity contribution in [3.63, 3.8) is 0 Å². The molecule has 0 heterocycles. The van der Waals surface area contributed by atoms with Crippen LogP contribution >= 0.6 is 0 Å². The number of benzene rings is 2. The molecule has 154 valence electrons. The summed E-state index contributed by atoms with van der Waals surface area (Å²) in [5.41, 5.74) is 1.86. The number of amides is 2. The Hall–Kier alpha value is -3.28. The van der Waals surface area contributed by atoms with Gasteiger partial charge in [0.15, 0.2) is 0 Å². The molecule has 0 saturated heterocycles. The van der Waals surface area contributed by atoms with Gasteiger partial charge in [0.25, 0.3) is 0 Å². The van der Waals surface area contributed by atoms with Crippen molar-refractivity contribution in [2.24, 2.45) is 0 Å². The molecule has 2 rings (SSSR count). The van der Waals surface area contributed by atoms with Gasteiger partial charge in [0.05, 0.1) is 7.11 Å². The maximum Gasteiger partial charge on any atom is 0.410 e. The van der Waals surface area contributed by atoms with E-state index in [2.05, 4.69) is 5.32 Å². The van der Waals surface area contributed by atoms with Crippen LogP contribution in [0.25, 0.3) is 6.08 Å². The highest BCUT2D eigenvalue weighted by Crippen LogP contribution is 2.16. The normalized spacial score (nSPS) is 11.2. The maximum absolute atomic E-state index is 12.2. The van der Waals surface area contributed by atoms with Crippen LogP contribution in [0, 0.1) is 0 Å². The summed E-state index contributed by atoms with van der Waals surface area (Å²) in [5.74, 6) is 0.486. The van der Waals surface area contributed by atoms with E-state index in [1.807, 2.05) is 63.2 Å². The minimum absolute atomic E-state index is 0.245. The second kappa shape index (κ2) is 9.78. The number of nitrogens with one attached hydrogen (secondary N) is 1. The molecule has 0 spiro atoms. The van der Waals surface area contributed by atoms with Crippen LogP contribution in [0.4, 0.5) is 10.5 Å². The summed E-state index contributed by atoms with van der Waals surface area (Å²) in [6, 6.07) is 14.8. The van der Waals surface area contributed by atoms with Gasteiger partial charge in [-0.2, -0.15) is 0 Å². The van der Waals surface area contributed by atoms with Gasteiger partial charge >= 0.3 is 6.09 Å². The number of nitrogens with zero attached hydrogens (tertiary/aromatic N) is 1. The number of hydrogen-bond donors (Lipinski definition) is 1. The Bertz CT molecular complexity index is 884. The molecule has 1 N–H and O–H groups in total. The molecule has 0 fully saturated rings. The first-order valence-corrected chi connectivity index (χ1v) is 9.32. The molecule has 0 atom stereocenters. The molecular formula is C23H28N2O4. The third kappa shape index (κ3) is 7.70. The summed E-state index contributed by atoms with van der Waals surface area (Å²) in [5, 5.41) is 2.83. The highest BCUT2D eigenvalue weighted by molar-refractivity contribution is 6.02. The van der Waals surface area contributed by atoms with E-state index in [1.165, 1.54) is 11.0 Å². The van der Waals surface area contributed by atoms with Gasteiger partial charge in [0.1, 0.15) is 11.4 Å². The van der Waals surface area contributed by atoms with E-state index in [-0.39, 0.29) is 5.91 Å². The van der Waals surface area contributed by atoms with Gasteiger partial charge in [-0.15, -0.1) is 0 Å². The Morgan fingerprint density at radius 3 is 2.52 bits per heavy atom. The molecule has 0 bridgehead atoms. The van der Waals surface area contributed by atoms with Crippen LogP contribution in [-0.2, 0) is 16.1 Å². The van der Waals surface area contributed by atoms with Crippen molar-refractivity contribution in [1.29, 1.82) is 0 Å². The number of hydrogen-bond acceptors (Lipinski definition) is 4. The first-order chi connectivity index (χ1) is 13.7. The summed E-state index contributed by atoms with van der Waals surface area (Å²) >= 11 is 0. The van der Waals surface area contributed by atoms with Crippen LogP contribution in [0.1, 0.15) is 31.9 Å². The highest BCUT2D eigenvalue weighted by Gasteiger charge is 2.19. The summed E-state index contributed by atoms with van der Waals surface area (Å²) in [6.45, 7) is 5.86. The number of ether oxygens (including phenoxy) is 2. The van der Waals surface area contributed by atoms with E-state index in [0.29, 0.717) is 12.2 Å². The van der Waals surface area contributed by atoms with E-state index in [9.17, 15) is 9.59 Å². The van der Waals surface area contributed by atoms with Crippen molar-refractivity contribution in [3.8, 4) is 5.75 Å². The smallest absolute Gasteiger partial charge is 0.410 e. The van der Waals surface area contributed by atoms with Crippen LogP contribution in [0.5, 0.6) is 5.75 Å². The molecule has 0 aliphatic rings. The first-order valence-electron chi connectivity index (χ1n) is 9.32. The lowest BCUT2D eigenvalue weighted by Crippen LogP contribution is -2.33. The molecule has 0 aromatic heterocycles. The monoisotopic (exact) mass is 396 g/mol. The first kappa shape index (κ1) is 22.0. The fourth-order valence-corrected chi connectivity index (χ4v) is 2.53. The molecule has 2 aromatic rings. The predicted octanol–water partition coefficient (Wildman–Crippen LogP) is 4.71. The van der Waals surface area contributed by atoms with E-state index in [4.69, 9.17) is 9.47 Å². The molecule has 0 aliphatic carbocycles. The largest absolute Gasteiger partial charge is 0.497 e. The second-order valence-corrected chi connectivity index (χ2v) is 7.64. The highest BCUT2D eigenvalue weighted by atomic mass is 16.6. The Balaban J connectivity index is 1.97. The van der Waals surface area contributed by atoms with Gasteiger partial charge in [-0.1, -0.05) is 24.3 Å². The van der Waals surface area contributed by atoms with Gasteiger partial charge in [-0.05, 0) is 62.2 Å². The Kier molecular flexibility index (Phi) is 7.42. The number of carbonyl (C=O) groups excluding carboxylic acids is 2. The summed E-state index contributed by atoms with van der Waals surface area (Å²) in [7, 11) is 3.28. The van der Waals surface area contributed by atoms with Crippen molar-refractivity contribution in [2.75, 3.05) is 19.5 Å². The van der Waals surface area contributed by atoms with Crippen molar-refractivity contribution in [2.45, 2.75) is 32.9 Å². The second-order valence-electron chi connectivity index (χ2n) is 7.64. The van der Waals surface area contributed by atoms with Crippen LogP contribution in [-0.4, -0.2) is 36.7 Å². The number of anilines is 1. The molecule has 2 aromatic carbocycles. The lowest BCUT2D eigenvalue weighted by Gasteiger charge is -2.24. The van der Waals surface area contributed by atoms with E-state index in [1.54, 1.807) is 26.3 Å². The summed E-state index contributed by atoms with van der Waals surface area (Å²) < 4.78 is 10.5. The zero-order chi connectivity index (χ0) is 21.4. The van der Waals surface area contributed by atoms with Crippen molar-refractivity contribution < 1.29 is 19.1 Å². The van der Waals surface area contributed by atoms with E-state index >= 15 is 0 Å². The molecule has 0 saturated carbocycles. The van der Waals surface area contributed by atoms with E-state index < -0.39 is 11.7 Å². The molecule has 2 amide bonds. The molecule has 6 nitrogen and oxygen atoms in total. The van der Waals surface area contributed by atoms with Gasteiger partial charge in [0, 0.05) is 25.4 Å². The number of methoxy groups -OCH3 is 1. The minimum atomic E-state index is -0.545. The van der Waals surface area contributed by atoms with Crippen LogP contribution in [0.3, 0.4) is 0 Å². The number of rotatable bonds is 6. The lowest BCUT2D eigenvalue weighted by molar-refractivity contribution is -0.111. The average molecular weight is 396 g/mol. The van der Waals surface area contributed by atoms with Crippen molar-refractivity contribution in [3.05, 3.63) is 65.7 Å². The lowest BCUT2D eigenvalue weighted by atomic mass is 10.2. The topological polar surface area (TPSA) is 67.9 Å². The minimum Gasteiger partial charge on any atom is -0.497 e. The summed E-state index contributed by atoms with van der Waals surface area (Å²) in [6.07, 6.45) is 2.79. The van der Waals surface area contributed by atoms with Gasteiger partial charge in [-0.25, -0.2) is 4.79 Å². The zero-order valence-corrected chi connectivity index (χ0v) is 17.6. The average Bonchev–Trinajstić information content (AvgIpc) is 2.65. The van der Waals surface area contributed by atoms with Crippen LogP contribution in [0.15, 0.2) is 54.6 Å². The molecule has 29 heavy (non-hydrogen) atoms.